The summed E-state index contributed by atoms with van der Waals surface area (Å²) in [6.45, 7) is 21.3. The highest BCUT2D eigenvalue weighted by Gasteiger charge is 2.20. The Morgan fingerprint density at radius 1 is 0.951 bits per heavy atom. The van der Waals surface area contributed by atoms with E-state index in [9.17, 15) is 0 Å². The number of allylic oxidation sites excluding steroid dienone is 5. The number of benzene rings is 3. The van der Waals surface area contributed by atoms with Crippen LogP contribution in [0.2, 0.25) is 0 Å². The topological polar surface area (TPSA) is 12.4 Å². The van der Waals surface area contributed by atoms with Gasteiger partial charge in [-0.2, -0.15) is 0 Å². The third-order valence-corrected chi connectivity index (χ3v) is 7.18. The molecule has 41 heavy (non-hydrogen) atoms. The maximum absolute atomic E-state index is 15.4. The van der Waals surface area contributed by atoms with Gasteiger partial charge >= 0.3 is 0 Å². The zero-order chi connectivity index (χ0) is 30.4. The van der Waals surface area contributed by atoms with E-state index < -0.39 is 0 Å². The minimum Gasteiger partial charge on any atom is -0.258 e. The Kier molecular flexibility index (Phi) is 14.5. The van der Waals surface area contributed by atoms with Crippen molar-refractivity contribution in [2.45, 2.75) is 99.8 Å². The summed E-state index contributed by atoms with van der Waals surface area (Å²) in [5, 5.41) is 1.62. The van der Waals surface area contributed by atoms with E-state index in [-0.39, 0.29) is 11.7 Å². The molecule has 1 unspecified atom stereocenters. The summed E-state index contributed by atoms with van der Waals surface area (Å²) >= 11 is 0. The number of rotatable bonds is 10. The molecule has 0 saturated carbocycles. The van der Waals surface area contributed by atoms with Crippen molar-refractivity contribution in [2.75, 3.05) is 0 Å². The second kappa shape index (κ2) is 17.5. The molecule has 0 aromatic heterocycles. The van der Waals surface area contributed by atoms with Gasteiger partial charge in [0.1, 0.15) is 5.82 Å². The number of hydrogen-bond acceptors (Lipinski definition) is 1. The summed E-state index contributed by atoms with van der Waals surface area (Å²) in [7, 11) is 0. The van der Waals surface area contributed by atoms with E-state index >= 15 is 4.39 Å². The van der Waals surface area contributed by atoms with Crippen LogP contribution in [0.1, 0.15) is 110 Å². The predicted octanol–water partition coefficient (Wildman–Crippen LogP) is 12.3. The third-order valence-electron chi connectivity index (χ3n) is 7.18. The maximum Gasteiger partial charge on any atom is 0.131 e. The molecule has 0 radical (unpaired) electrons. The molecule has 0 N–H and O–H groups in total. The average Bonchev–Trinajstić information content (AvgIpc) is 3.32. The summed E-state index contributed by atoms with van der Waals surface area (Å²) < 4.78 is 15.4. The lowest BCUT2D eigenvalue weighted by molar-refractivity contribution is 0.561. The van der Waals surface area contributed by atoms with E-state index in [1.807, 2.05) is 26.8 Å². The number of nitrogens with zero attached hydrogens (tertiary/aromatic N) is 1. The largest absolute Gasteiger partial charge is 0.258 e. The van der Waals surface area contributed by atoms with Crippen molar-refractivity contribution < 1.29 is 4.39 Å². The normalized spacial score (nSPS) is 14.6. The first kappa shape index (κ1) is 33.9. The van der Waals surface area contributed by atoms with E-state index in [1.54, 1.807) is 6.07 Å². The monoisotopic (exact) mass is 553 g/mol. The molecule has 220 valence electrons. The molecular weight excluding hydrogens is 501 g/mol. The Hall–Kier alpha value is -3.26. The minimum atomic E-state index is -0.181. The van der Waals surface area contributed by atoms with Crippen molar-refractivity contribution in [3.05, 3.63) is 113 Å². The van der Waals surface area contributed by atoms with Gasteiger partial charge in [-0.15, -0.1) is 0 Å². The van der Waals surface area contributed by atoms with Crippen molar-refractivity contribution in [3.63, 3.8) is 0 Å². The fourth-order valence-electron chi connectivity index (χ4n) is 5.40. The van der Waals surface area contributed by atoms with Crippen molar-refractivity contribution in [3.8, 4) is 0 Å². The zero-order valence-electron chi connectivity index (χ0n) is 26.9. The molecule has 1 nitrogen and oxygen atoms in total. The predicted molar refractivity (Wildman–Crippen MR) is 181 cm³/mol. The summed E-state index contributed by atoms with van der Waals surface area (Å²) in [4.78, 5) is 4.83. The van der Waals surface area contributed by atoms with Gasteiger partial charge in [0.2, 0.25) is 0 Å². The Labute approximate surface area is 250 Å². The van der Waals surface area contributed by atoms with Crippen LogP contribution in [0.3, 0.4) is 0 Å². The lowest BCUT2D eigenvalue weighted by Gasteiger charge is -2.17. The van der Waals surface area contributed by atoms with Gasteiger partial charge in [-0.1, -0.05) is 123 Å². The van der Waals surface area contributed by atoms with Crippen LogP contribution < -0.4 is 0 Å². The van der Waals surface area contributed by atoms with E-state index in [2.05, 4.69) is 102 Å². The van der Waals surface area contributed by atoms with Gasteiger partial charge in [0, 0.05) is 17.0 Å². The second-order valence-corrected chi connectivity index (χ2v) is 10.9. The van der Waals surface area contributed by atoms with Gasteiger partial charge in [-0.3, -0.25) is 4.99 Å². The molecule has 0 fully saturated rings. The molecule has 0 amide bonds. The van der Waals surface area contributed by atoms with E-state index in [4.69, 9.17) is 4.99 Å². The Morgan fingerprint density at radius 2 is 1.59 bits per heavy atom. The Balaban J connectivity index is 0.00000110. The average molecular weight is 554 g/mol. The summed E-state index contributed by atoms with van der Waals surface area (Å²) in [5.74, 6) is 0.561. The van der Waals surface area contributed by atoms with Crippen LogP contribution in [-0.4, -0.2) is 5.71 Å². The van der Waals surface area contributed by atoms with Crippen molar-refractivity contribution in [1.29, 1.82) is 0 Å². The Bertz CT molecular complexity index is 1340. The van der Waals surface area contributed by atoms with Gasteiger partial charge in [-0.05, 0) is 89.6 Å². The van der Waals surface area contributed by atoms with Gasteiger partial charge in [0.15, 0.2) is 0 Å². The first-order valence-corrected chi connectivity index (χ1v) is 15.7. The fourth-order valence-corrected chi connectivity index (χ4v) is 5.40. The SMILES string of the molecule is C=C(/C=C(/Cc1ccccc1)C1=NC(C)=CC1C)c1cc(F)c2cc(C(CCC)CCC)ccc2c1.CC.CCC. The van der Waals surface area contributed by atoms with Crippen LogP contribution in [0.25, 0.3) is 16.3 Å². The highest BCUT2D eigenvalue weighted by atomic mass is 19.1. The molecule has 4 rings (SSSR count). The number of aliphatic imine (C=N–C) groups is 1. The third kappa shape index (κ3) is 9.66. The van der Waals surface area contributed by atoms with E-state index in [0.29, 0.717) is 11.3 Å². The van der Waals surface area contributed by atoms with Crippen molar-refractivity contribution >= 4 is 22.1 Å². The molecule has 0 spiro atoms. The fraction of sp³-hybridized carbons (Fsp3) is 0.410. The molecule has 3 aromatic carbocycles. The van der Waals surface area contributed by atoms with Crippen LogP contribution in [0.4, 0.5) is 4.39 Å². The summed E-state index contributed by atoms with van der Waals surface area (Å²) in [6, 6.07) is 20.5. The highest BCUT2D eigenvalue weighted by Crippen LogP contribution is 2.32. The first-order valence-electron chi connectivity index (χ1n) is 15.7. The molecule has 0 saturated heterocycles. The molecule has 1 heterocycles. The smallest absolute Gasteiger partial charge is 0.131 e. The summed E-state index contributed by atoms with van der Waals surface area (Å²) in [6.07, 6.45) is 10.9. The molecule has 1 atom stereocenters. The van der Waals surface area contributed by atoms with Crippen molar-refractivity contribution in [1.82, 2.24) is 0 Å². The molecule has 0 bridgehead atoms. The maximum atomic E-state index is 15.4. The zero-order valence-corrected chi connectivity index (χ0v) is 26.9. The number of hydrogen-bond donors (Lipinski definition) is 0. The van der Waals surface area contributed by atoms with Gasteiger partial charge < -0.3 is 0 Å². The van der Waals surface area contributed by atoms with Crippen LogP contribution in [0.5, 0.6) is 0 Å². The molecule has 2 heteroatoms. The van der Waals surface area contributed by atoms with E-state index in [1.165, 1.54) is 17.5 Å². The number of fused-ring (bicyclic) bond motifs is 1. The quantitative estimate of drug-likeness (QED) is 0.221. The lowest BCUT2D eigenvalue weighted by atomic mass is 9.88. The standard InChI is InChI=1S/C34H38FN.C3H8.C2H6/c1-6-11-27(12-7-2)28-15-16-29-20-30(22-33(35)32(29)21-28)23(3)18-31(19-26-13-9-8-10-14-26)34-24(4)17-25(5)36-34;1-3-2;1-2/h8-10,13-18,20-22,24,27H,3,6-7,11-12,19H2,1-2,4-5H3;3H2,1-2H3;1-2H3/b31-18-;;. The van der Waals surface area contributed by atoms with Gasteiger partial charge in [0.25, 0.3) is 0 Å². The lowest BCUT2D eigenvalue weighted by Crippen LogP contribution is -2.11. The first-order chi connectivity index (χ1) is 19.8. The second-order valence-electron chi connectivity index (χ2n) is 10.9. The molecular formula is C39H52FN. The molecule has 3 aromatic rings. The van der Waals surface area contributed by atoms with Gasteiger partial charge in [0.05, 0.1) is 5.71 Å². The van der Waals surface area contributed by atoms with Crippen LogP contribution in [0, 0.1) is 11.7 Å². The molecule has 1 aliphatic heterocycles. The Morgan fingerprint density at radius 3 is 2.15 bits per heavy atom. The summed E-state index contributed by atoms with van der Waals surface area (Å²) in [5.41, 5.74) is 7.33. The number of halogens is 1. The molecule has 1 aliphatic rings. The van der Waals surface area contributed by atoms with Crippen molar-refractivity contribution in [2.24, 2.45) is 10.9 Å². The van der Waals surface area contributed by atoms with Crippen LogP contribution in [0.15, 0.2) is 95.7 Å². The highest BCUT2D eigenvalue weighted by molar-refractivity contribution is 6.06. The molecule has 0 aliphatic carbocycles. The van der Waals surface area contributed by atoms with Crippen LogP contribution >= 0.6 is 0 Å². The van der Waals surface area contributed by atoms with Crippen LogP contribution in [-0.2, 0) is 6.42 Å². The van der Waals surface area contributed by atoms with Gasteiger partial charge in [-0.25, -0.2) is 4.39 Å². The van der Waals surface area contributed by atoms with E-state index in [0.717, 1.165) is 65.6 Å². The minimum absolute atomic E-state index is 0.181.